The molecule has 0 unspecified atom stereocenters. The Morgan fingerprint density at radius 3 is 2.50 bits per heavy atom. The van der Waals surface area contributed by atoms with Crippen molar-refractivity contribution in [3.63, 3.8) is 0 Å². The van der Waals surface area contributed by atoms with Crippen molar-refractivity contribution in [3.05, 3.63) is 35.9 Å². The molecule has 4 heteroatoms. The molecule has 0 aromatic heterocycles. The molecule has 0 aliphatic carbocycles. The average molecular weight is 276 g/mol. The lowest BCUT2D eigenvalue weighted by Gasteiger charge is -2.27. The first-order chi connectivity index (χ1) is 9.46. The van der Waals surface area contributed by atoms with Crippen LogP contribution in [0.4, 0.5) is 0 Å². The highest BCUT2D eigenvalue weighted by Gasteiger charge is 2.23. The third-order valence-corrected chi connectivity index (χ3v) is 3.51. The van der Waals surface area contributed by atoms with Crippen molar-refractivity contribution >= 4 is 5.91 Å². The van der Waals surface area contributed by atoms with Gasteiger partial charge in [-0.25, -0.2) is 0 Å². The SMILES string of the molecule is CC(C)(O)CN1CCCN(C(=O)c2ccccc2)CC1. The summed E-state index contributed by atoms with van der Waals surface area (Å²) >= 11 is 0. The van der Waals surface area contributed by atoms with Crippen LogP contribution in [-0.4, -0.2) is 59.1 Å². The lowest BCUT2D eigenvalue weighted by atomic mass is 10.1. The molecule has 0 bridgehead atoms. The largest absolute Gasteiger partial charge is 0.389 e. The quantitative estimate of drug-likeness (QED) is 0.912. The second-order valence-corrected chi connectivity index (χ2v) is 6.10. The highest BCUT2D eigenvalue weighted by molar-refractivity contribution is 5.94. The molecule has 4 nitrogen and oxygen atoms in total. The van der Waals surface area contributed by atoms with E-state index in [2.05, 4.69) is 4.90 Å². The molecule has 1 amide bonds. The van der Waals surface area contributed by atoms with Crippen LogP contribution in [0, 0.1) is 0 Å². The molecule has 0 saturated carbocycles. The van der Waals surface area contributed by atoms with Gasteiger partial charge in [0.25, 0.3) is 5.91 Å². The van der Waals surface area contributed by atoms with Crippen molar-refractivity contribution < 1.29 is 9.90 Å². The molecule has 0 spiro atoms. The van der Waals surface area contributed by atoms with E-state index >= 15 is 0 Å². The predicted octanol–water partition coefficient (Wildman–Crippen LogP) is 1.61. The monoisotopic (exact) mass is 276 g/mol. The Morgan fingerprint density at radius 2 is 1.85 bits per heavy atom. The fourth-order valence-electron chi connectivity index (χ4n) is 2.64. The number of rotatable bonds is 3. The lowest BCUT2D eigenvalue weighted by molar-refractivity contribution is 0.0374. The van der Waals surface area contributed by atoms with Gasteiger partial charge in [-0.1, -0.05) is 18.2 Å². The number of aliphatic hydroxyl groups is 1. The smallest absolute Gasteiger partial charge is 0.253 e. The van der Waals surface area contributed by atoms with E-state index in [1.807, 2.05) is 49.1 Å². The van der Waals surface area contributed by atoms with Gasteiger partial charge in [-0.3, -0.25) is 9.69 Å². The molecule has 1 saturated heterocycles. The maximum Gasteiger partial charge on any atom is 0.253 e. The van der Waals surface area contributed by atoms with Crippen LogP contribution < -0.4 is 0 Å². The molecule has 1 fully saturated rings. The third-order valence-electron chi connectivity index (χ3n) is 3.51. The lowest BCUT2D eigenvalue weighted by Crippen LogP contribution is -2.41. The van der Waals surface area contributed by atoms with Crippen molar-refractivity contribution in [2.75, 3.05) is 32.7 Å². The van der Waals surface area contributed by atoms with Crippen LogP contribution in [0.5, 0.6) is 0 Å². The molecule has 1 aliphatic rings. The zero-order valence-corrected chi connectivity index (χ0v) is 12.4. The van der Waals surface area contributed by atoms with Gasteiger partial charge in [0.2, 0.25) is 0 Å². The molecular formula is C16H24N2O2. The number of hydrogen-bond donors (Lipinski definition) is 1. The molecule has 2 rings (SSSR count). The fraction of sp³-hybridized carbons (Fsp3) is 0.562. The summed E-state index contributed by atoms with van der Waals surface area (Å²) < 4.78 is 0. The summed E-state index contributed by atoms with van der Waals surface area (Å²) in [7, 11) is 0. The standard InChI is InChI=1S/C16H24N2O2/c1-16(2,20)13-17-9-6-10-18(12-11-17)15(19)14-7-4-3-5-8-14/h3-5,7-8,20H,6,9-13H2,1-2H3. The van der Waals surface area contributed by atoms with E-state index in [0.29, 0.717) is 6.54 Å². The van der Waals surface area contributed by atoms with Gasteiger partial charge >= 0.3 is 0 Å². The van der Waals surface area contributed by atoms with Crippen molar-refractivity contribution in [2.45, 2.75) is 25.9 Å². The zero-order chi connectivity index (χ0) is 14.6. The summed E-state index contributed by atoms with van der Waals surface area (Å²) in [6, 6.07) is 9.44. The predicted molar refractivity (Wildman–Crippen MR) is 79.7 cm³/mol. The van der Waals surface area contributed by atoms with Crippen molar-refractivity contribution in [3.8, 4) is 0 Å². The second kappa shape index (κ2) is 6.37. The summed E-state index contributed by atoms with van der Waals surface area (Å²) in [5.41, 5.74) is 0.0712. The number of carbonyl (C=O) groups excluding carboxylic acids is 1. The van der Waals surface area contributed by atoms with Crippen LogP contribution in [0.2, 0.25) is 0 Å². The summed E-state index contributed by atoms with van der Waals surface area (Å²) in [6.45, 7) is 7.57. The summed E-state index contributed by atoms with van der Waals surface area (Å²) in [5.74, 6) is 0.107. The van der Waals surface area contributed by atoms with Crippen molar-refractivity contribution in [1.82, 2.24) is 9.80 Å². The summed E-state index contributed by atoms with van der Waals surface area (Å²) in [6.07, 6.45) is 0.953. The highest BCUT2D eigenvalue weighted by atomic mass is 16.3. The Balaban J connectivity index is 1.94. The van der Waals surface area contributed by atoms with Crippen LogP contribution >= 0.6 is 0 Å². The van der Waals surface area contributed by atoms with Crippen LogP contribution in [-0.2, 0) is 0 Å². The van der Waals surface area contributed by atoms with Crippen molar-refractivity contribution in [2.24, 2.45) is 0 Å². The normalized spacial score (nSPS) is 17.9. The topological polar surface area (TPSA) is 43.8 Å². The van der Waals surface area contributed by atoms with Gasteiger partial charge in [0, 0.05) is 38.3 Å². The van der Waals surface area contributed by atoms with Gasteiger partial charge in [0.05, 0.1) is 5.60 Å². The van der Waals surface area contributed by atoms with Crippen LogP contribution in [0.1, 0.15) is 30.6 Å². The number of β-amino-alcohol motifs (C(OH)–C–C–N with tert-alkyl or cyclic N) is 1. The van der Waals surface area contributed by atoms with Crippen LogP contribution in [0.25, 0.3) is 0 Å². The van der Waals surface area contributed by atoms with E-state index in [4.69, 9.17) is 0 Å². The van der Waals surface area contributed by atoms with Gasteiger partial charge in [0.15, 0.2) is 0 Å². The fourth-order valence-corrected chi connectivity index (χ4v) is 2.64. The molecule has 1 aromatic carbocycles. The molecule has 110 valence electrons. The Kier molecular flexibility index (Phi) is 4.78. The number of benzene rings is 1. The van der Waals surface area contributed by atoms with Crippen molar-refractivity contribution in [1.29, 1.82) is 0 Å². The van der Waals surface area contributed by atoms with E-state index in [1.54, 1.807) is 0 Å². The van der Waals surface area contributed by atoms with E-state index < -0.39 is 5.60 Å². The Bertz CT molecular complexity index is 440. The Morgan fingerprint density at radius 1 is 1.15 bits per heavy atom. The molecule has 1 heterocycles. The molecule has 1 N–H and O–H groups in total. The van der Waals surface area contributed by atoms with Gasteiger partial charge in [-0.05, 0) is 32.4 Å². The van der Waals surface area contributed by atoms with Gasteiger partial charge in [-0.15, -0.1) is 0 Å². The molecular weight excluding hydrogens is 252 g/mol. The molecule has 0 atom stereocenters. The molecule has 1 aromatic rings. The average Bonchev–Trinajstić information content (AvgIpc) is 2.63. The number of hydrogen-bond acceptors (Lipinski definition) is 3. The van der Waals surface area contributed by atoms with Crippen LogP contribution in [0.3, 0.4) is 0 Å². The zero-order valence-electron chi connectivity index (χ0n) is 12.4. The Labute approximate surface area is 121 Å². The molecule has 20 heavy (non-hydrogen) atoms. The molecule has 1 aliphatic heterocycles. The molecule has 0 radical (unpaired) electrons. The maximum atomic E-state index is 12.4. The first kappa shape index (κ1) is 15.0. The van der Waals surface area contributed by atoms with Gasteiger partial charge in [-0.2, -0.15) is 0 Å². The first-order valence-electron chi connectivity index (χ1n) is 7.25. The summed E-state index contributed by atoms with van der Waals surface area (Å²) in [5, 5.41) is 9.89. The summed E-state index contributed by atoms with van der Waals surface area (Å²) in [4.78, 5) is 16.6. The number of carbonyl (C=O) groups is 1. The second-order valence-electron chi connectivity index (χ2n) is 6.10. The Hall–Kier alpha value is -1.39. The minimum Gasteiger partial charge on any atom is -0.389 e. The van der Waals surface area contributed by atoms with Gasteiger partial charge in [0.1, 0.15) is 0 Å². The van der Waals surface area contributed by atoms with Gasteiger partial charge < -0.3 is 10.0 Å². The van der Waals surface area contributed by atoms with E-state index in [1.165, 1.54) is 0 Å². The third kappa shape index (κ3) is 4.32. The highest BCUT2D eigenvalue weighted by Crippen LogP contribution is 2.11. The number of nitrogens with zero attached hydrogens (tertiary/aromatic N) is 2. The first-order valence-corrected chi connectivity index (χ1v) is 7.25. The minimum atomic E-state index is -0.682. The maximum absolute atomic E-state index is 12.4. The minimum absolute atomic E-state index is 0.107. The van der Waals surface area contributed by atoms with Crippen LogP contribution in [0.15, 0.2) is 30.3 Å². The van der Waals surface area contributed by atoms with E-state index in [0.717, 1.165) is 38.2 Å². The van der Waals surface area contributed by atoms with E-state index in [9.17, 15) is 9.90 Å². The van der Waals surface area contributed by atoms with E-state index in [-0.39, 0.29) is 5.91 Å². The number of amides is 1.